The molecule has 1 aliphatic heterocycles. The van der Waals surface area contributed by atoms with E-state index in [1.807, 2.05) is 18.2 Å². The molecular weight excluding hydrogens is 178 g/mol. The van der Waals surface area contributed by atoms with Crippen LogP contribution in [0.5, 0.6) is 0 Å². The third-order valence-electron chi connectivity index (χ3n) is 2.04. The van der Waals surface area contributed by atoms with Crippen LogP contribution in [-0.2, 0) is 0 Å². The molecule has 0 saturated carbocycles. The van der Waals surface area contributed by atoms with E-state index in [1.165, 1.54) is 11.8 Å². The zero-order valence-electron chi connectivity index (χ0n) is 6.34. The molecule has 0 spiro atoms. The summed E-state index contributed by atoms with van der Waals surface area (Å²) in [6, 6.07) is 7.41. The van der Waals surface area contributed by atoms with Crippen molar-refractivity contribution >= 4 is 11.8 Å². The monoisotopic (exact) mass is 186 g/mol. The first-order valence-electron chi connectivity index (χ1n) is 3.79. The first-order chi connectivity index (χ1) is 5.79. The molecule has 0 saturated heterocycles. The second kappa shape index (κ2) is 3.05. The van der Waals surface area contributed by atoms with Crippen LogP contribution in [-0.4, -0.2) is 12.2 Å². The summed E-state index contributed by atoms with van der Waals surface area (Å²) >= 11 is 1.52. The Balaban J connectivity index is 2.36. The molecule has 0 amide bonds. The number of fused-ring (bicyclic) bond motifs is 1. The minimum atomic E-state index is -2.22. The van der Waals surface area contributed by atoms with E-state index in [4.69, 9.17) is 0 Å². The van der Waals surface area contributed by atoms with Gasteiger partial charge in [-0.2, -0.15) is 0 Å². The molecule has 12 heavy (non-hydrogen) atoms. The lowest BCUT2D eigenvalue weighted by atomic mass is 10.0. The van der Waals surface area contributed by atoms with Gasteiger partial charge in [-0.05, 0) is 11.6 Å². The van der Waals surface area contributed by atoms with Gasteiger partial charge in [-0.25, -0.2) is 8.78 Å². The van der Waals surface area contributed by atoms with Gasteiger partial charge in [0, 0.05) is 10.6 Å². The molecule has 1 unspecified atom stereocenters. The molecule has 1 atom stereocenters. The maximum absolute atomic E-state index is 12.4. The molecule has 0 aliphatic carbocycles. The summed E-state index contributed by atoms with van der Waals surface area (Å²) in [4.78, 5) is 1.02. The van der Waals surface area contributed by atoms with Gasteiger partial charge in [0.1, 0.15) is 0 Å². The van der Waals surface area contributed by atoms with E-state index in [0.717, 1.165) is 10.5 Å². The van der Waals surface area contributed by atoms with E-state index in [1.54, 1.807) is 6.07 Å². The SMILES string of the molecule is FC(F)C1CSc2ccccc21. The van der Waals surface area contributed by atoms with Gasteiger partial charge in [0.25, 0.3) is 0 Å². The highest BCUT2D eigenvalue weighted by Crippen LogP contribution is 2.41. The van der Waals surface area contributed by atoms with E-state index in [2.05, 4.69) is 0 Å². The predicted octanol–water partition coefficient (Wildman–Crippen LogP) is 3.14. The smallest absolute Gasteiger partial charge is 0.210 e. The van der Waals surface area contributed by atoms with Crippen LogP contribution in [0.2, 0.25) is 0 Å². The molecule has 1 aromatic rings. The Labute approximate surface area is 74.0 Å². The number of hydrogen-bond donors (Lipinski definition) is 0. The van der Waals surface area contributed by atoms with Crippen LogP contribution in [0.3, 0.4) is 0 Å². The van der Waals surface area contributed by atoms with Crippen LogP contribution in [0.25, 0.3) is 0 Å². The highest BCUT2D eigenvalue weighted by Gasteiger charge is 2.29. The third kappa shape index (κ3) is 1.22. The van der Waals surface area contributed by atoms with Gasteiger partial charge >= 0.3 is 0 Å². The average Bonchev–Trinajstić information content (AvgIpc) is 2.47. The fourth-order valence-corrected chi connectivity index (χ4v) is 2.64. The topological polar surface area (TPSA) is 0 Å². The van der Waals surface area contributed by atoms with Crippen molar-refractivity contribution in [3.05, 3.63) is 29.8 Å². The van der Waals surface area contributed by atoms with Crippen molar-refractivity contribution in [2.75, 3.05) is 5.75 Å². The lowest BCUT2D eigenvalue weighted by molar-refractivity contribution is 0.123. The Morgan fingerprint density at radius 1 is 1.33 bits per heavy atom. The predicted molar refractivity (Wildman–Crippen MR) is 45.9 cm³/mol. The largest absolute Gasteiger partial charge is 0.246 e. The molecule has 1 heterocycles. The molecule has 1 aromatic carbocycles. The molecule has 64 valence electrons. The molecular formula is C9H8F2S. The van der Waals surface area contributed by atoms with E-state index in [9.17, 15) is 8.78 Å². The Kier molecular flexibility index (Phi) is 2.05. The van der Waals surface area contributed by atoms with Crippen molar-refractivity contribution in [1.29, 1.82) is 0 Å². The van der Waals surface area contributed by atoms with E-state index in [0.29, 0.717) is 5.75 Å². The Morgan fingerprint density at radius 2 is 2.08 bits per heavy atom. The van der Waals surface area contributed by atoms with E-state index >= 15 is 0 Å². The molecule has 0 fully saturated rings. The third-order valence-corrected chi connectivity index (χ3v) is 3.25. The Bertz CT molecular complexity index is 286. The van der Waals surface area contributed by atoms with Crippen LogP contribution in [0.15, 0.2) is 29.2 Å². The van der Waals surface area contributed by atoms with Crippen molar-refractivity contribution < 1.29 is 8.78 Å². The number of rotatable bonds is 1. The number of halogens is 2. The lowest BCUT2D eigenvalue weighted by Gasteiger charge is -2.07. The van der Waals surface area contributed by atoms with Crippen LogP contribution in [0, 0.1) is 0 Å². The molecule has 0 aromatic heterocycles. The highest BCUT2D eigenvalue weighted by atomic mass is 32.2. The summed E-state index contributed by atoms with van der Waals surface area (Å²) in [7, 11) is 0. The summed E-state index contributed by atoms with van der Waals surface area (Å²) in [5, 5.41) is 0. The number of hydrogen-bond acceptors (Lipinski definition) is 1. The zero-order valence-corrected chi connectivity index (χ0v) is 7.15. The van der Waals surface area contributed by atoms with Crippen LogP contribution in [0.1, 0.15) is 11.5 Å². The summed E-state index contributed by atoms with van der Waals surface area (Å²) in [5.41, 5.74) is 0.817. The minimum Gasteiger partial charge on any atom is -0.210 e. The first-order valence-corrected chi connectivity index (χ1v) is 4.77. The fourth-order valence-electron chi connectivity index (χ4n) is 1.40. The second-order valence-electron chi connectivity index (χ2n) is 2.79. The molecule has 0 N–H and O–H groups in total. The first kappa shape index (κ1) is 8.05. The molecule has 0 bridgehead atoms. The standard InChI is InChI=1S/C9H8F2S/c10-9(11)7-5-12-8-4-2-1-3-6(7)8/h1-4,7,9H,5H2. The molecule has 0 nitrogen and oxygen atoms in total. The molecule has 2 rings (SSSR count). The maximum atomic E-state index is 12.4. The summed E-state index contributed by atoms with van der Waals surface area (Å²) in [6.45, 7) is 0. The van der Waals surface area contributed by atoms with Crippen molar-refractivity contribution in [3.63, 3.8) is 0 Å². The van der Waals surface area contributed by atoms with Crippen LogP contribution in [0.4, 0.5) is 8.78 Å². The van der Waals surface area contributed by atoms with Crippen LogP contribution < -0.4 is 0 Å². The highest BCUT2D eigenvalue weighted by molar-refractivity contribution is 7.99. The fraction of sp³-hybridized carbons (Fsp3) is 0.333. The maximum Gasteiger partial charge on any atom is 0.246 e. The van der Waals surface area contributed by atoms with Gasteiger partial charge in [-0.1, -0.05) is 18.2 Å². The minimum absolute atomic E-state index is 0.525. The Hall–Kier alpha value is -0.570. The van der Waals surface area contributed by atoms with Gasteiger partial charge in [0.2, 0.25) is 6.43 Å². The van der Waals surface area contributed by atoms with Crippen molar-refractivity contribution in [1.82, 2.24) is 0 Å². The van der Waals surface area contributed by atoms with Gasteiger partial charge < -0.3 is 0 Å². The quantitative estimate of drug-likeness (QED) is 0.649. The van der Waals surface area contributed by atoms with Crippen molar-refractivity contribution in [3.8, 4) is 0 Å². The number of benzene rings is 1. The molecule has 0 radical (unpaired) electrons. The van der Waals surface area contributed by atoms with Crippen LogP contribution >= 0.6 is 11.8 Å². The normalized spacial score (nSPS) is 21.4. The number of thioether (sulfide) groups is 1. The van der Waals surface area contributed by atoms with Gasteiger partial charge in [0.05, 0.1) is 5.92 Å². The van der Waals surface area contributed by atoms with E-state index in [-0.39, 0.29) is 0 Å². The van der Waals surface area contributed by atoms with Gasteiger partial charge in [-0.15, -0.1) is 11.8 Å². The molecule has 3 heteroatoms. The lowest BCUT2D eigenvalue weighted by Crippen LogP contribution is -2.07. The zero-order chi connectivity index (χ0) is 8.55. The van der Waals surface area contributed by atoms with Gasteiger partial charge in [-0.3, -0.25) is 0 Å². The second-order valence-corrected chi connectivity index (χ2v) is 3.85. The molecule has 1 aliphatic rings. The Morgan fingerprint density at radius 3 is 2.83 bits per heavy atom. The summed E-state index contributed by atoms with van der Waals surface area (Å²) < 4.78 is 24.8. The summed E-state index contributed by atoms with van der Waals surface area (Å²) in [5.74, 6) is -0.0250. The van der Waals surface area contributed by atoms with Crippen molar-refractivity contribution in [2.24, 2.45) is 0 Å². The number of alkyl halides is 2. The summed E-state index contributed by atoms with van der Waals surface area (Å²) in [6.07, 6.45) is -2.22. The average molecular weight is 186 g/mol. The van der Waals surface area contributed by atoms with E-state index < -0.39 is 12.3 Å². The van der Waals surface area contributed by atoms with Gasteiger partial charge in [0.15, 0.2) is 0 Å². The van der Waals surface area contributed by atoms with Crippen molar-refractivity contribution in [2.45, 2.75) is 17.2 Å².